The molecule has 2 amide bonds. The van der Waals surface area contributed by atoms with E-state index in [-0.39, 0.29) is 23.7 Å². The van der Waals surface area contributed by atoms with Crippen LogP contribution in [0.5, 0.6) is 0 Å². The molecule has 2 fully saturated rings. The van der Waals surface area contributed by atoms with Crippen molar-refractivity contribution in [2.45, 2.75) is 19.8 Å². The van der Waals surface area contributed by atoms with E-state index in [1.165, 1.54) is 4.90 Å². The van der Waals surface area contributed by atoms with Gasteiger partial charge in [-0.3, -0.25) is 14.5 Å². The lowest BCUT2D eigenvalue weighted by atomic mass is 9.85. The van der Waals surface area contributed by atoms with Crippen LogP contribution in [0.1, 0.15) is 19.8 Å². The SMILES string of the molecule is CCCN1C(=O)C2C3C=CC(C3)C2C1=O. The molecule has 0 radical (unpaired) electrons. The summed E-state index contributed by atoms with van der Waals surface area (Å²) in [4.78, 5) is 25.6. The Morgan fingerprint density at radius 2 is 1.73 bits per heavy atom. The van der Waals surface area contributed by atoms with Gasteiger partial charge in [0.25, 0.3) is 0 Å². The molecule has 2 bridgehead atoms. The van der Waals surface area contributed by atoms with Crippen LogP contribution in [0.25, 0.3) is 0 Å². The standard InChI is InChI=1S/C12H15NO2/c1-2-5-13-11(14)9-7-3-4-8(6-7)10(9)12(13)15/h3-4,7-10H,2,5-6H2,1H3. The fraction of sp³-hybridized carbons (Fsp3) is 0.667. The molecule has 2 aliphatic carbocycles. The van der Waals surface area contributed by atoms with Crippen molar-refractivity contribution in [2.24, 2.45) is 23.7 Å². The highest BCUT2D eigenvalue weighted by molar-refractivity contribution is 6.06. The number of imide groups is 1. The van der Waals surface area contributed by atoms with Gasteiger partial charge >= 0.3 is 0 Å². The molecule has 3 aliphatic rings. The summed E-state index contributed by atoms with van der Waals surface area (Å²) < 4.78 is 0. The largest absolute Gasteiger partial charge is 0.282 e. The van der Waals surface area contributed by atoms with E-state index in [0.717, 1.165) is 12.8 Å². The highest BCUT2D eigenvalue weighted by Crippen LogP contribution is 2.52. The summed E-state index contributed by atoms with van der Waals surface area (Å²) in [6.45, 7) is 2.60. The van der Waals surface area contributed by atoms with E-state index in [1.807, 2.05) is 6.92 Å². The molecule has 0 aromatic carbocycles. The normalized spacial score (nSPS) is 41.8. The number of hydrogen-bond acceptors (Lipinski definition) is 2. The van der Waals surface area contributed by atoms with Crippen molar-refractivity contribution in [2.75, 3.05) is 6.54 Å². The minimum Gasteiger partial charge on any atom is -0.282 e. The van der Waals surface area contributed by atoms with E-state index < -0.39 is 0 Å². The molecule has 3 rings (SSSR count). The molecule has 4 atom stereocenters. The first-order chi connectivity index (χ1) is 7.24. The molecular weight excluding hydrogens is 190 g/mol. The van der Waals surface area contributed by atoms with Gasteiger partial charge in [0.1, 0.15) is 0 Å². The first kappa shape index (κ1) is 9.13. The van der Waals surface area contributed by atoms with Gasteiger partial charge in [0.15, 0.2) is 0 Å². The average molecular weight is 205 g/mol. The number of likely N-dealkylation sites (tertiary alicyclic amines) is 1. The number of amides is 2. The van der Waals surface area contributed by atoms with Crippen LogP contribution in [0.3, 0.4) is 0 Å². The van der Waals surface area contributed by atoms with Crippen LogP contribution in [0, 0.1) is 23.7 Å². The van der Waals surface area contributed by atoms with Gasteiger partial charge in [-0.05, 0) is 24.7 Å². The van der Waals surface area contributed by atoms with E-state index in [9.17, 15) is 9.59 Å². The third kappa shape index (κ3) is 1.01. The molecule has 3 nitrogen and oxygen atoms in total. The summed E-state index contributed by atoms with van der Waals surface area (Å²) in [5, 5.41) is 0. The van der Waals surface area contributed by atoms with E-state index in [0.29, 0.717) is 18.4 Å². The van der Waals surface area contributed by atoms with Crippen molar-refractivity contribution in [3.63, 3.8) is 0 Å². The summed E-state index contributed by atoms with van der Waals surface area (Å²) >= 11 is 0. The summed E-state index contributed by atoms with van der Waals surface area (Å²) in [6.07, 6.45) is 6.14. The molecule has 4 unspecified atom stereocenters. The fourth-order valence-electron chi connectivity index (χ4n) is 3.41. The zero-order valence-corrected chi connectivity index (χ0v) is 8.85. The molecule has 0 N–H and O–H groups in total. The van der Waals surface area contributed by atoms with E-state index in [2.05, 4.69) is 12.2 Å². The Balaban J connectivity index is 1.93. The topological polar surface area (TPSA) is 37.4 Å². The van der Waals surface area contributed by atoms with Crippen LogP contribution in [0.4, 0.5) is 0 Å². The Kier molecular flexibility index (Phi) is 1.79. The second-order valence-electron chi connectivity index (χ2n) is 4.83. The van der Waals surface area contributed by atoms with Gasteiger partial charge in [-0.1, -0.05) is 19.1 Å². The van der Waals surface area contributed by atoms with E-state index >= 15 is 0 Å². The smallest absolute Gasteiger partial charge is 0.233 e. The molecule has 0 spiro atoms. The Hall–Kier alpha value is -1.12. The summed E-state index contributed by atoms with van der Waals surface area (Å²) in [5.41, 5.74) is 0. The Morgan fingerprint density at radius 1 is 1.20 bits per heavy atom. The minimum atomic E-state index is -0.0148. The van der Waals surface area contributed by atoms with Crippen LogP contribution >= 0.6 is 0 Å². The van der Waals surface area contributed by atoms with Crippen LogP contribution in [0.2, 0.25) is 0 Å². The number of allylic oxidation sites excluding steroid dienone is 2. The summed E-state index contributed by atoms with van der Waals surface area (Å²) in [7, 11) is 0. The van der Waals surface area contributed by atoms with Crippen LogP contribution < -0.4 is 0 Å². The molecule has 1 saturated heterocycles. The first-order valence-corrected chi connectivity index (χ1v) is 5.77. The summed E-state index contributed by atoms with van der Waals surface area (Å²) in [5.74, 6) is 0.835. The molecule has 0 aromatic heterocycles. The Labute approximate surface area is 89.1 Å². The highest BCUT2D eigenvalue weighted by atomic mass is 16.2. The highest BCUT2D eigenvalue weighted by Gasteiger charge is 2.58. The molecule has 15 heavy (non-hydrogen) atoms. The van der Waals surface area contributed by atoms with E-state index in [1.54, 1.807) is 0 Å². The lowest BCUT2D eigenvalue weighted by Crippen LogP contribution is -2.33. The van der Waals surface area contributed by atoms with Gasteiger partial charge in [0.2, 0.25) is 11.8 Å². The van der Waals surface area contributed by atoms with Crippen LogP contribution in [0.15, 0.2) is 12.2 Å². The fourth-order valence-corrected chi connectivity index (χ4v) is 3.41. The third-order valence-electron chi connectivity index (χ3n) is 4.01. The average Bonchev–Trinajstić information content (AvgIpc) is 2.87. The van der Waals surface area contributed by atoms with Gasteiger partial charge in [-0.2, -0.15) is 0 Å². The zero-order chi connectivity index (χ0) is 10.6. The number of nitrogens with zero attached hydrogens (tertiary/aromatic N) is 1. The first-order valence-electron chi connectivity index (χ1n) is 5.77. The molecular formula is C12H15NO2. The molecule has 1 heterocycles. The van der Waals surface area contributed by atoms with Crippen molar-refractivity contribution < 1.29 is 9.59 Å². The van der Waals surface area contributed by atoms with Gasteiger partial charge in [-0.15, -0.1) is 0 Å². The van der Waals surface area contributed by atoms with Crippen molar-refractivity contribution in [3.8, 4) is 0 Å². The monoisotopic (exact) mass is 205 g/mol. The maximum absolute atomic E-state index is 12.0. The molecule has 0 aromatic rings. The van der Waals surface area contributed by atoms with Gasteiger partial charge in [0, 0.05) is 6.54 Å². The zero-order valence-electron chi connectivity index (χ0n) is 8.85. The predicted molar refractivity (Wildman–Crippen MR) is 54.7 cm³/mol. The Morgan fingerprint density at radius 3 is 2.20 bits per heavy atom. The number of rotatable bonds is 2. The Bertz CT molecular complexity index is 331. The van der Waals surface area contributed by atoms with Crippen molar-refractivity contribution in [1.29, 1.82) is 0 Å². The second kappa shape index (κ2) is 2.94. The van der Waals surface area contributed by atoms with Gasteiger partial charge in [0.05, 0.1) is 11.8 Å². The third-order valence-corrected chi connectivity index (χ3v) is 4.01. The van der Waals surface area contributed by atoms with Gasteiger partial charge in [-0.25, -0.2) is 0 Å². The van der Waals surface area contributed by atoms with Gasteiger partial charge < -0.3 is 0 Å². The maximum Gasteiger partial charge on any atom is 0.233 e. The number of carbonyl (C=O) groups is 2. The van der Waals surface area contributed by atoms with Crippen LogP contribution in [-0.2, 0) is 9.59 Å². The molecule has 1 aliphatic heterocycles. The lowest BCUT2D eigenvalue weighted by Gasteiger charge is -2.15. The van der Waals surface area contributed by atoms with Crippen molar-refractivity contribution >= 4 is 11.8 Å². The van der Waals surface area contributed by atoms with E-state index in [4.69, 9.17) is 0 Å². The quantitative estimate of drug-likeness (QED) is 0.502. The van der Waals surface area contributed by atoms with Crippen molar-refractivity contribution in [1.82, 2.24) is 4.90 Å². The number of carbonyl (C=O) groups excluding carboxylic acids is 2. The van der Waals surface area contributed by atoms with Crippen LogP contribution in [-0.4, -0.2) is 23.3 Å². The number of hydrogen-bond donors (Lipinski definition) is 0. The minimum absolute atomic E-state index is 0.0148. The number of fused-ring (bicyclic) bond motifs is 5. The van der Waals surface area contributed by atoms with Crippen molar-refractivity contribution in [3.05, 3.63) is 12.2 Å². The molecule has 1 saturated carbocycles. The summed E-state index contributed by atoms with van der Waals surface area (Å²) in [6, 6.07) is 0. The molecule has 80 valence electrons. The lowest BCUT2D eigenvalue weighted by molar-refractivity contribution is -0.140. The second-order valence-corrected chi connectivity index (χ2v) is 4.83. The molecule has 3 heteroatoms. The predicted octanol–water partition coefficient (Wildman–Crippen LogP) is 1.20. The maximum atomic E-state index is 12.0.